The molecule has 1 N–H and O–H groups in total. The van der Waals surface area contributed by atoms with Crippen molar-refractivity contribution in [3.63, 3.8) is 0 Å². The van der Waals surface area contributed by atoms with Crippen LogP contribution in [0, 0.1) is 6.92 Å². The minimum Gasteiger partial charge on any atom is -0.476 e. The molecule has 6 nitrogen and oxygen atoms in total. The highest BCUT2D eigenvalue weighted by Gasteiger charge is 2.21. The Morgan fingerprint density at radius 3 is 2.68 bits per heavy atom. The molecule has 3 rings (SSSR count). The third-order valence-electron chi connectivity index (χ3n) is 3.25. The molecule has 0 bridgehead atoms. The summed E-state index contributed by atoms with van der Waals surface area (Å²) in [5.74, 6) is -1.07. The average molecular weight is 314 g/mol. The lowest BCUT2D eigenvalue weighted by Gasteiger charge is -2.04. The molecule has 22 heavy (non-hydrogen) atoms. The molecule has 1 aromatic carbocycles. The van der Waals surface area contributed by atoms with E-state index in [0.717, 1.165) is 17.7 Å². The third kappa shape index (κ3) is 2.89. The van der Waals surface area contributed by atoms with Crippen molar-refractivity contribution in [3.8, 4) is 5.13 Å². The zero-order chi connectivity index (χ0) is 15.5. The summed E-state index contributed by atoms with van der Waals surface area (Å²) >= 11 is 1.42. The van der Waals surface area contributed by atoms with Gasteiger partial charge in [0.15, 0.2) is 5.69 Å². The van der Waals surface area contributed by atoms with E-state index in [1.807, 2.05) is 42.6 Å². The normalized spacial score (nSPS) is 10.8. The predicted molar refractivity (Wildman–Crippen MR) is 82.6 cm³/mol. The molecule has 0 aliphatic heterocycles. The number of aryl methyl sites for hydroxylation is 2. The minimum absolute atomic E-state index is 0.0104. The second-order valence-electron chi connectivity index (χ2n) is 4.86. The zero-order valence-corrected chi connectivity index (χ0v) is 12.7. The van der Waals surface area contributed by atoms with Crippen molar-refractivity contribution in [2.75, 3.05) is 0 Å². The molecule has 0 radical (unpaired) electrons. The number of hydrogen-bond donors (Lipinski definition) is 1. The van der Waals surface area contributed by atoms with Crippen LogP contribution < -0.4 is 0 Å². The molecular weight excluding hydrogens is 300 g/mol. The van der Waals surface area contributed by atoms with Crippen molar-refractivity contribution >= 4 is 17.3 Å². The van der Waals surface area contributed by atoms with E-state index in [-0.39, 0.29) is 5.69 Å². The Labute approximate surface area is 131 Å². The standard InChI is InChI=1S/C15H14N4O2S/c1-10-9-22-15(16-10)19-12(13(14(20)21)17-18-19)8-7-11-5-3-2-4-6-11/h2-6,9H,7-8H2,1H3,(H,20,21). The Morgan fingerprint density at radius 1 is 1.27 bits per heavy atom. The van der Waals surface area contributed by atoms with Crippen LogP contribution in [0.1, 0.15) is 27.4 Å². The molecule has 0 saturated carbocycles. The van der Waals surface area contributed by atoms with E-state index >= 15 is 0 Å². The largest absolute Gasteiger partial charge is 0.476 e. The summed E-state index contributed by atoms with van der Waals surface area (Å²) in [6, 6.07) is 9.92. The molecule has 0 aliphatic carbocycles. The summed E-state index contributed by atoms with van der Waals surface area (Å²) in [6.07, 6.45) is 1.26. The fourth-order valence-corrected chi connectivity index (χ4v) is 2.96. The maximum absolute atomic E-state index is 11.4. The number of nitrogens with zero attached hydrogens (tertiary/aromatic N) is 4. The van der Waals surface area contributed by atoms with Gasteiger partial charge in [0.1, 0.15) is 0 Å². The summed E-state index contributed by atoms with van der Waals surface area (Å²) < 4.78 is 1.53. The van der Waals surface area contributed by atoms with Gasteiger partial charge < -0.3 is 5.11 Å². The average Bonchev–Trinajstić information content (AvgIpc) is 3.12. The number of aromatic nitrogens is 4. The first-order valence-corrected chi connectivity index (χ1v) is 7.67. The second kappa shape index (κ2) is 6.07. The van der Waals surface area contributed by atoms with Gasteiger partial charge in [0.25, 0.3) is 0 Å². The van der Waals surface area contributed by atoms with Gasteiger partial charge in [-0.05, 0) is 25.3 Å². The second-order valence-corrected chi connectivity index (χ2v) is 5.70. The van der Waals surface area contributed by atoms with Crippen LogP contribution in [-0.2, 0) is 12.8 Å². The lowest BCUT2D eigenvalue weighted by Crippen LogP contribution is -2.08. The molecule has 0 spiro atoms. The highest BCUT2D eigenvalue weighted by atomic mass is 32.1. The quantitative estimate of drug-likeness (QED) is 0.782. The van der Waals surface area contributed by atoms with Gasteiger partial charge >= 0.3 is 5.97 Å². The van der Waals surface area contributed by atoms with Crippen LogP contribution in [0.25, 0.3) is 5.13 Å². The van der Waals surface area contributed by atoms with E-state index in [4.69, 9.17) is 0 Å². The van der Waals surface area contributed by atoms with Crippen molar-refractivity contribution in [1.82, 2.24) is 20.0 Å². The maximum Gasteiger partial charge on any atom is 0.358 e. The van der Waals surface area contributed by atoms with Crippen molar-refractivity contribution in [1.29, 1.82) is 0 Å². The van der Waals surface area contributed by atoms with Crippen LogP contribution in [-0.4, -0.2) is 31.1 Å². The summed E-state index contributed by atoms with van der Waals surface area (Å²) in [4.78, 5) is 15.7. The van der Waals surface area contributed by atoms with Crippen LogP contribution >= 0.6 is 11.3 Å². The molecule has 7 heteroatoms. The van der Waals surface area contributed by atoms with Crippen LogP contribution in [0.2, 0.25) is 0 Å². The Bertz CT molecular complexity index is 795. The van der Waals surface area contributed by atoms with Crippen molar-refractivity contribution in [2.24, 2.45) is 0 Å². The molecule has 0 atom stereocenters. The van der Waals surface area contributed by atoms with Crippen LogP contribution in [0.5, 0.6) is 0 Å². The topological polar surface area (TPSA) is 80.9 Å². The van der Waals surface area contributed by atoms with Gasteiger partial charge in [-0.1, -0.05) is 35.5 Å². The van der Waals surface area contributed by atoms with E-state index < -0.39 is 5.97 Å². The van der Waals surface area contributed by atoms with Crippen molar-refractivity contribution in [2.45, 2.75) is 19.8 Å². The molecule has 0 aliphatic rings. The Hall–Kier alpha value is -2.54. The molecule has 3 aromatic rings. The Morgan fingerprint density at radius 2 is 2.05 bits per heavy atom. The fourth-order valence-electron chi connectivity index (χ4n) is 2.19. The molecule has 0 unspecified atom stereocenters. The van der Waals surface area contributed by atoms with Crippen LogP contribution in [0.15, 0.2) is 35.7 Å². The van der Waals surface area contributed by atoms with Gasteiger partial charge in [-0.15, -0.1) is 16.4 Å². The summed E-state index contributed by atoms with van der Waals surface area (Å²) in [5, 5.41) is 19.6. The van der Waals surface area contributed by atoms with E-state index in [1.54, 1.807) is 0 Å². The minimum atomic E-state index is -1.07. The number of carboxylic acids is 1. The van der Waals surface area contributed by atoms with Gasteiger partial charge in [-0.2, -0.15) is 4.68 Å². The first-order valence-electron chi connectivity index (χ1n) is 6.79. The van der Waals surface area contributed by atoms with Crippen LogP contribution in [0.4, 0.5) is 0 Å². The van der Waals surface area contributed by atoms with E-state index in [2.05, 4.69) is 15.3 Å². The summed E-state index contributed by atoms with van der Waals surface area (Å²) in [5.41, 5.74) is 2.58. The SMILES string of the molecule is Cc1csc(-n2nnc(C(=O)O)c2CCc2ccccc2)n1. The smallest absolute Gasteiger partial charge is 0.358 e. The first-order chi connectivity index (χ1) is 10.6. The van der Waals surface area contributed by atoms with Crippen molar-refractivity contribution < 1.29 is 9.90 Å². The number of thiazole rings is 1. The summed E-state index contributed by atoms with van der Waals surface area (Å²) in [6.45, 7) is 1.89. The number of hydrogen-bond acceptors (Lipinski definition) is 5. The highest BCUT2D eigenvalue weighted by Crippen LogP contribution is 2.19. The molecule has 2 heterocycles. The number of aromatic carboxylic acids is 1. The Balaban J connectivity index is 1.93. The molecule has 0 saturated heterocycles. The monoisotopic (exact) mass is 314 g/mol. The first kappa shape index (κ1) is 14.4. The van der Waals surface area contributed by atoms with Gasteiger partial charge in [0, 0.05) is 5.38 Å². The maximum atomic E-state index is 11.4. The van der Waals surface area contributed by atoms with Gasteiger partial charge in [-0.3, -0.25) is 0 Å². The van der Waals surface area contributed by atoms with E-state index in [9.17, 15) is 9.90 Å². The fraction of sp³-hybridized carbons (Fsp3) is 0.200. The van der Waals surface area contributed by atoms with Crippen molar-refractivity contribution in [3.05, 3.63) is 58.4 Å². The van der Waals surface area contributed by atoms with Gasteiger partial charge in [0.05, 0.1) is 11.4 Å². The molecular formula is C15H14N4O2S. The van der Waals surface area contributed by atoms with Gasteiger partial charge in [-0.25, -0.2) is 9.78 Å². The molecule has 2 aromatic heterocycles. The highest BCUT2D eigenvalue weighted by molar-refractivity contribution is 7.12. The predicted octanol–water partition coefficient (Wildman–Crippen LogP) is 2.52. The number of benzene rings is 1. The molecule has 0 amide bonds. The third-order valence-corrected chi connectivity index (χ3v) is 4.18. The summed E-state index contributed by atoms with van der Waals surface area (Å²) in [7, 11) is 0. The van der Waals surface area contributed by atoms with E-state index in [1.165, 1.54) is 16.0 Å². The lowest BCUT2D eigenvalue weighted by molar-refractivity contribution is 0.0689. The number of carbonyl (C=O) groups is 1. The molecule has 112 valence electrons. The van der Waals surface area contributed by atoms with Gasteiger partial charge in [0.2, 0.25) is 5.13 Å². The van der Waals surface area contributed by atoms with E-state index in [0.29, 0.717) is 17.2 Å². The lowest BCUT2D eigenvalue weighted by atomic mass is 10.1. The van der Waals surface area contributed by atoms with Crippen LogP contribution in [0.3, 0.4) is 0 Å². The molecule has 0 fully saturated rings. The number of carboxylic acid groups (broad SMARTS) is 1. The number of rotatable bonds is 5. The zero-order valence-electron chi connectivity index (χ0n) is 11.9. The Kier molecular flexibility index (Phi) is 3.97.